The van der Waals surface area contributed by atoms with Gasteiger partial charge in [0.25, 0.3) is 0 Å². The minimum absolute atomic E-state index is 0.152. The maximum Gasteiger partial charge on any atom is 0.144 e. The Morgan fingerprint density at radius 3 is 2.35 bits per heavy atom. The van der Waals surface area contributed by atoms with Gasteiger partial charge in [-0.2, -0.15) is 0 Å². The Bertz CT molecular complexity index is 435. The first kappa shape index (κ1) is 15.0. The molecule has 3 heteroatoms. The highest BCUT2D eigenvalue weighted by Crippen LogP contribution is 2.32. The van der Waals surface area contributed by atoms with E-state index in [4.69, 9.17) is 10.5 Å². The molecule has 1 fully saturated rings. The molecule has 0 aromatic heterocycles. The summed E-state index contributed by atoms with van der Waals surface area (Å²) in [6, 6.07) is 6.16. The summed E-state index contributed by atoms with van der Waals surface area (Å²) in [6.45, 7) is 11.0. The Morgan fingerprint density at radius 1 is 1.15 bits per heavy atom. The van der Waals surface area contributed by atoms with Crippen molar-refractivity contribution < 1.29 is 4.74 Å². The zero-order chi connectivity index (χ0) is 14.7. The topological polar surface area (TPSA) is 38.5 Å². The largest absolute Gasteiger partial charge is 0.489 e. The molecule has 112 valence electrons. The average Bonchev–Trinajstić information content (AvgIpc) is 2.41. The summed E-state index contributed by atoms with van der Waals surface area (Å²) in [5, 5.41) is 0. The molecule has 3 nitrogen and oxygen atoms in total. The van der Waals surface area contributed by atoms with Crippen LogP contribution in [0.1, 0.15) is 40.5 Å². The molecule has 1 aromatic carbocycles. The molecule has 0 saturated carbocycles. The van der Waals surface area contributed by atoms with Crippen LogP contribution in [-0.2, 0) is 0 Å². The quantitative estimate of drug-likeness (QED) is 0.847. The number of nitrogens with zero attached hydrogens (tertiary/aromatic N) is 1. The van der Waals surface area contributed by atoms with Crippen molar-refractivity contribution in [1.82, 2.24) is 0 Å². The van der Waals surface area contributed by atoms with Crippen LogP contribution in [0, 0.1) is 11.8 Å². The SMILES string of the molecule is CC(C)Oc1cc(N2CCC(C(C)C)CC2)ccc1N. The predicted molar refractivity (Wildman–Crippen MR) is 86.4 cm³/mol. The van der Waals surface area contributed by atoms with Gasteiger partial charge in [-0.05, 0) is 50.7 Å². The number of rotatable bonds is 4. The first-order chi connectivity index (χ1) is 9.47. The van der Waals surface area contributed by atoms with Crippen molar-refractivity contribution in [2.45, 2.75) is 46.6 Å². The van der Waals surface area contributed by atoms with Crippen LogP contribution in [0.4, 0.5) is 11.4 Å². The van der Waals surface area contributed by atoms with E-state index in [1.165, 1.54) is 18.5 Å². The van der Waals surface area contributed by atoms with Gasteiger partial charge in [-0.25, -0.2) is 0 Å². The van der Waals surface area contributed by atoms with Crippen molar-refractivity contribution in [2.24, 2.45) is 11.8 Å². The first-order valence-corrected chi connectivity index (χ1v) is 7.78. The van der Waals surface area contributed by atoms with Crippen molar-refractivity contribution in [3.8, 4) is 5.75 Å². The van der Waals surface area contributed by atoms with E-state index in [1.807, 2.05) is 19.9 Å². The summed E-state index contributed by atoms with van der Waals surface area (Å²) in [6.07, 6.45) is 2.71. The lowest BCUT2D eigenvalue weighted by molar-refractivity contribution is 0.244. The highest BCUT2D eigenvalue weighted by Gasteiger charge is 2.22. The van der Waals surface area contributed by atoms with Crippen LogP contribution in [0.25, 0.3) is 0 Å². The number of ether oxygens (including phenoxy) is 1. The van der Waals surface area contributed by atoms with Crippen LogP contribution in [0.5, 0.6) is 5.75 Å². The van der Waals surface area contributed by atoms with E-state index in [0.717, 1.165) is 36.4 Å². The van der Waals surface area contributed by atoms with Crippen LogP contribution in [0.15, 0.2) is 18.2 Å². The standard InChI is InChI=1S/C17H28N2O/c1-12(2)14-7-9-19(10-8-14)15-5-6-16(18)17(11-15)20-13(3)4/h5-6,11-14H,7-10,18H2,1-4H3. The Hall–Kier alpha value is -1.38. The number of hydrogen-bond acceptors (Lipinski definition) is 3. The van der Waals surface area contributed by atoms with Crippen LogP contribution in [0.2, 0.25) is 0 Å². The fourth-order valence-electron chi connectivity index (χ4n) is 2.90. The lowest BCUT2D eigenvalue weighted by atomic mass is 9.86. The molecule has 1 aromatic rings. The predicted octanol–water partition coefficient (Wildman–Crippen LogP) is 3.93. The highest BCUT2D eigenvalue weighted by atomic mass is 16.5. The second-order valence-electron chi connectivity index (χ2n) is 6.46. The first-order valence-electron chi connectivity index (χ1n) is 7.78. The molecule has 0 spiro atoms. The second kappa shape index (κ2) is 6.38. The molecule has 1 aliphatic heterocycles. The van der Waals surface area contributed by atoms with Gasteiger partial charge < -0.3 is 15.4 Å². The third-order valence-corrected chi connectivity index (χ3v) is 4.21. The molecule has 2 rings (SSSR count). The fourth-order valence-corrected chi connectivity index (χ4v) is 2.90. The van der Waals surface area contributed by atoms with Crippen LogP contribution >= 0.6 is 0 Å². The molecule has 0 unspecified atom stereocenters. The Kier molecular flexibility index (Phi) is 4.79. The van der Waals surface area contributed by atoms with E-state index in [9.17, 15) is 0 Å². The monoisotopic (exact) mass is 276 g/mol. The number of hydrogen-bond donors (Lipinski definition) is 1. The van der Waals surface area contributed by atoms with Crippen molar-refractivity contribution >= 4 is 11.4 Å². The van der Waals surface area contributed by atoms with E-state index in [-0.39, 0.29) is 6.10 Å². The van der Waals surface area contributed by atoms with Crippen LogP contribution in [0.3, 0.4) is 0 Å². The number of benzene rings is 1. The third kappa shape index (κ3) is 3.59. The van der Waals surface area contributed by atoms with E-state index in [0.29, 0.717) is 0 Å². The summed E-state index contributed by atoms with van der Waals surface area (Å²) >= 11 is 0. The minimum Gasteiger partial charge on any atom is -0.489 e. The van der Waals surface area contributed by atoms with E-state index >= 15 is 0 Å². The van der Waals surface area contributed by atoms with Crippen molar-refractivity contribution in [2.75, 3.05) is 23.7 Å². The molecule has 1 saturated heterocycles. The Balaban J connectivity index is 2.06. The molecule has 0 atom stereocenters. The highest BCUT2D eigenvalue weighted by molar-refractivity contribution is 5.62. The molecule has 1 heterocycles. The summed E-state index contributed by atoms with van der Waals surface area (Å²) in [5.74, 6) is 2.47. The van der Waals surface area contributed by atoms with Crippen molar-refractivity contribution in [1.29, 1.82) is 0 Å². The summed E-state index contributed by atoms with van der Waals surface area (Å²) < 4.78 is 5.78. The van der Waals surface area contributed by atoms with Crippen LogP contribution in [-0.4, -0.2) is 19.2 Å². The molecular weight excluding hydrogens is 248 g/mol. The molecule has 0 aliphatic carbocycles. The lowest BCUT2D eigenvalue weighted by Gasteiger charge is -2.35. The van der Waals surface area contributed by atoms with Gasteiger partial charge >= 0.3 is 0 Å². The molecular formula is C17H28N2O. The van der Waals surface area contributed by atoms with Crippen molar-refractivity contribution in [3.63, 3.8) is 0 Å². The minimum atomic E-state index is 0.152. The van der Waals surface area contributed by atoms with Crippen molar-refractivity contribution in [3.05, 3.63) is 18.2 Å². The smallest absolute Gasteiger partial charge is 0.144 e. The van der Waals surface area contributed by atoms with Crippen LogP contribution < -0.4 is 15.4 Å². The molecule has 0 radical (unpaired) electrons. The van der Waals surface area contributed by atoms with E-state index in [2.05, 4.69) is 30.9 Å². The Labute approximate surface area is 123 Å². The summed E-state index contributed by atoms with van der Waals surface area (Å²) in [7, 11) is 0. The van der Waals surface area contributed by atoms with Gasteiger partial charge in [0.2, 0.25) is 0 Å². The summed E-state index contributed by atoms with van der Waals surface area (Å²) in [5.41, 5.74) is 7.94. The molecule has 0 amide bonds. The zero-order valence-electron chi connectivity index (χ0n) is 13.2. The fraction of sp³-hybridized carbons (Fsp3) is 0.647. The normalized spacial score (nSPS) is 17.0. The lowest BCUT2D eigenvalue weighted by Crippen LogP contribution is -2.35. The van der Waals surface area contributed by atoms with Gasteiger partial charge in [-0.3, -0.25) is 0 Å². The maximum atomic E-state index is 5.99. The van der Waals surface area contributed by atoms with Gasteiger partial charge in [-0.15, -0.1) is 0 Å². The van der Waals surface area contributed by atoms with Gasteiger partial charge in [-0.1, -0.05) is 13.8 Å². The summed E-state index contributed by atoms with van der Waals surface area (Å²) in [4.78, 5) is 2.45. The third-order valence-electron chi connectivity index (χ3n) is 4.21. The maximum absolute atomic E-state index is 5.99. The number of nitrogens with two attached hydrogens (primary N) is 1. The number of anilines is 2. The second-order valence-corrected chi connectivity index (χ2v) is 6.46. The van der Waals surface area contributed by atoms with E-state index < -0.39 is 0 Å². The van der Waals surface area contributed by atoms with Gasteiger partial charge in [0, 0.05) is 24.8 Å². The molecule has 2 N–H and O–H groups in total. The Morgan fingerprint density at radius 2 is 1.80 bits per heavy atom. The molecule has 20 heavy (non-hydrogen) atoms. The zero-order valence-corrected chi connectivity index (χ0v) is 13.2. The van der Waals surface area contributed by atoms with E-state index in [1.54, 1.807) is 0 Å². The van der Waals surface area contributed by atoms with Gasteiger partial charge in [0.15, 0.2) is 0 Å². The molecule has 0 bridgehead atoms. The number of piperidine rings is 1. The van der Waals surface area contributed by atoms with Gasteiger partial charge in [0.1, 0.15) is 5.75 Å². The average molecular weight is 276 g/mol. The molecule has 1 aliphatic rings. The van der Waals surface area contributed by atoms with Gasteiger partial charge in [0.05, 0.1) is 11.8 Å². The number of nitrogen functional groups attached to an aromatic ring is 1.